The molecule has 6 nitrogen and oxygen atoms in total. The summed E-state index contributed by atoms with van der Waals surface area (Å²) in [6.45, 7) is 2.01. The zero-order chi connectivity index (χ0) is 23.3. The van der Waals surface area contributed by atoms with Crippen LogP contribution in [-0.4, -0.2) is 25.9 Å². The molecule has 0 spiro atoms. The van der Waals surface area contributed by atoms with Gasteiger partial charge < -0.3 is 29.7 Å². The maximum atomic E-state index is 9.42. The molecule has 4 rings (SSSR count). The van der Waals surface area contributed by atoms with Crippen LogP contribution in [0.3, 0.4) is 0 Å². The Labute approximate surface area is 194 Å². The maximum absolute atomic E-state index is 9.42. The molecular formula is C26H26N2O4Si. The fourth-order valence-electron chi connectivity index (χ4n) is 3.33. The van der Waals surface area contributed by atoms with Crippen molar-refractivity contribution in [3.8, 4) is 17.2 Å². The first-order valence-corrected chi connectivity index (χ1v) is 12.8. The molecule has 1 atom stereocenters. The third-order valence-electron chi connectivity index (χ3n) is 5.28. The van der Waals surface area contributed by atoms with E-state index < -0.39 is 8.56 Å². The van der Waals surface area contributed by atoms with Gasteiger partial charge in [-0.15, -0.1) is 0 Å². The van der Waals surface area contributed by atoms with Gasteiger partial charge in [-0.25, -0.2) is 0 Å². The Bertz CT molecular complexity index is 1180. The van der Waals surface area contributed by atoms with Gasteiger partial charge >= 0.3 is 8.56 Å². The Kier molecular flexibility index (Phi) is 6.53. The fourth-order valence-corrected chi connectivity index (χ4v) is 5.12. The van der Waals surface area contributed by atoms with E-state index in [9.17, 15) is 10.2 Å². The number of aromatic hydroxyl groups is 2. The number of rotatable bonds is 8. The number of phenolic OH excluding ortho intramolecular Hbond substituents is 2. The second-order valence-corrected chi connectivity index (χ2v) is 10.8. The lowest BCUT2D eigenvalue weighted by atomic mass is 10.2. The summed E-state index contributed by atoms with van der Waals surface area (Å²) in [5, 5.41) is 26.4. The van der Waals surface area contributed by atoms with E-state index in [4.69, 9.17) is 8.85 Å². The number of phenols is 2. The minimum Gasteiger partial charge on any atom is -0.517 e. The second kappa shape index (κ2) is 9.68. The van der Waals surface area contributed by atoms with Crippen molar-refractivity contribution in [2.75, 3.05) is 17.7 Å². The molecule has 0 aromatic heterocycles. The molecule has 0 bridgehead atoms. The van der Waals surface area contributed by atoms with Crippen LogP contribution in [0.15, 0.2) is 97.1 Å². The van der Waals surface area contributed by atoms with Crippen LogP contribution in [0.5, 0.6) is 17.2 Å². The van der Waals surface area contributed by atoms with Gasteiger partial charge in [0.2, 0.25) is 0 Å². The Morgan fingerprint density at radius 1 is 0.576 bits per heavy atom. The zero-order valence-corrected chi connectivity index (χ0v) is 19.4. The van der Waals surface area contributed by atoms with Crippen LogP contribution in [0.4, 0.5) is 22.7 Å². The van der Waals surface area contributed by atoms with Crippen LogP contribution in [0.1, 0.15) is 0 Å². The average molecular weight is 459 g/mol. The number of anilines is 4. The summed E-state index contributed by atoms with van der Waals surface area (Å²) in [6, 6.07) is 29.5. The standard InChI is InChI=1S/C26H26N2O4Si/c1-31-33(2,26-17-9-22(10-18-26)28-20-5-13-24(30)14-6-20)32-25-15-7-21(8-16-25)27-19-3-11-23(29)12-4-19/h3-18,27-30H,1-2H3. The van der Waals surface area contributed by atoms with Crippen molar-refractivity contribution < 1.29 is 19.1 Å². The lowest BCUT2D eigenvalue weighted by Gasteiger charge is -2.26. The van der Waals surface area contributed by atoms with Gasteiger partial charge in [-0.3, -0.25) is 0 Å². The topological polar surface area (TPSA) is 83.0 Å². The summed E-state index contributed by atoms with van der Waals surface area (Å²) in [7, 11) is -0.993. The van der Waals surface area contributed by atoms with E-state index in [0.717, 1.165) is 33.7 Å². The summed E-state index contributed by atoms with van der Waals surface area (Å²) < 4.78 is 12.2. The summed E-state index contributed by atoms with van der Waals surface area (Å²) in [4.78, 5) is 0. The first-order valence-electron chi connectivity index (χ1n) is 10.5. The molecule has 0 aliphatic carbocycles. The van der Waals surface area contributed by atoms with Crippen LogP contribution in [-0.2, 0) is 4.43 Å². The van der Waals surface area contributed by atoms with E-state index >= 15 is 0 Å². The number of hydrogen-bond donors (Lipinski definition) is 4. The molecule has 7 heteroatoms. The summed E-state index contributed by atoms with van der Waals surface area (Å²) in [5.41, 5.74) is 3.63. The van der Waals surface area contributed by atoms with Gasteiger partial charge in [0.1, 0.15) is 17.2 Å². The average Bonchev–Trinajstić information content (AvgIpc) is 2.84. The smallest absolute Gasteiger partial charge is 0.430 e. The van der Waals surface area contributed by atoms with E-state index in [1.807, 2.05) is 79.3 Å². The van der Waals surface area contributed by atoms with Crippen molar-refractivity contribution in [1.29, 1.82) is 0 Å². The number of benzene rings is 4. The molecule has 0 fully saturated rings. The van der Waals surface area contributed by atoms with Crippen LogP contribution < -0.4 is 20.2 Å². The fraction of sp³-hybridized carbons (Fsp3) is 0.0769. The molecule has 0 aliphatic rings. The summed E-state index contributed by atoms with van der Waals surface area (Å²) in [6.07, 6.45) is 0. The predicted octanol–water partition coefficient (Wildman–Crippen LogP) is 5.59. The largest absolute Gasteiger partial charge is 0.517 e. The summed E-state index contributed by atoms with van der Waals surface area (Å²) >= 11 is 0. The predicted molar refractivity (Wildman–Crippen MR) is 135 cm³/mol. The van der Waals surface area contributed by atoms with Crippen molar-refractivity contribution in [2.45, 2.75) is 6.55 Å². The normalized spacial score (nSPS) is 12.5. The van der Waals surface area contributed by atoms with Gasteiger partial charge in [0, 0.05) is 35.0 Å². The Balaban J connectivity index is 1.43. The highest BCUT2D eigenvalue weighted by molar-refractivity contribution is 6.80. The van der Waals surface area contributed by atoms with Crippen LogP contribution >= 0.6 is 0 Å². The lowest BCUT2D eigenvalue weighted by Crippen LogP contribution is -2.53. The van der Waals surface area contributed by atoms with Crippen molar-refractivity contribution >= 4 is 36.5 Å². The highest BCUT2D eigenvalue weighted by atomic mass is 28.4. The second-order valence-electron chi connectivity index (χ2n) is 7.70. The van der Waals surface area contributed by atoms with E-state index in [1.54, 1.807) is 31.4 Å². The molecule has 0 radical (unpaired) electrons. The van der Waals surface area contributed by atoms with Crippen molar-refractivity contribution in [2.24, 2.45) is 0 Å². The summed E-state index contributed by atoms with van der Waals surface area (Å²) in [5.74, 6) is 1.20. The monoisotopic (exact) mass is 458 g/mol. The molecule has 168 valence electrons. The molecule has 4 N–H and O–H groups in total. The van der Waals surface area contributed by atoms with Crippen molar-refractivity contribution in [3.05, 3.63) is 97.1 Å². The van der Waals surface area contributed by atoms with Crippen LogP contribution in [0, 0.1) is 0 Å². The van der Waals surface area contributed by atoms with E-state index in [-0.39, 0.29) is 11.5 Å². The molecule has 0 saturated carbocycles. The first-order chi connectivity index (χ1) is 15.9. The van der Waals surface area contributed by atoms with E-state index in [1.165, 1.54) is 0 Å². The molecule has 0 heterocycles. The minimum atomic E-state index is -2.67. The molecule has 4 aromatic carbocycles. The molecule has 1 unspecified atom stereocenters. The third-order valence-corrected chi connectivity index (χ3v) is 8.06. The van der Waals surface area contributed by atoms with Crippen LogP contribution in [0.2, 0.25) is 6.55 Å². The molecule has 4 aromatic rings. The van der Waals surface area contributed by atoms with E-state index in [0.29, 0.717) is 0 Å². The van der Waals surface area contributed by atoms with Crippen molar-refractivity contribution in [1.82, 2.24) is 0 Å². The Morgan fingerprint density at radius 2 is 0.939 bits per heavy atom. The van der Waals surface area contributed by atoms with E-state index in [2.05, 4.69) is 10.6 Å². The highest BCUT2D eigenvalue weighted by Gasteiger charge is 2.35. The minimum absolute atomic E-state index is 0.234. The molecule has 33 heavy (non-hydrogen) atoms. The maximum Gasteiger partial charge on any atom is 0.430 e. The number of hydrogen-bond acceptors (Lipinski definition) is 6. The van der Waals surface area contributed by atoms with Gasteiger partial charge in [-0.2, -0.15) is 0 Å². The molecule has 0 aliphatic heterocycles. The van der Waals surface area contributed by atoms with Gasteiger partial charge in [0.25, 0.3) is 0 Å². The Morgan fingerprint density at radius 3 is 1.33 bits per heavy atom. The zero-order valence-electron chi connectivity index (χ0n) is 18.4. The van der Waals surface area contributed by atoms with Gasteiger partial charge in [-0.05, 0) is 91.5 Å². The third kappa shape index (κ3) is 5.65. The highest BCUT2D eigenvalue weighted by Crippen LogP contribution is 2.24. The lowest BCUT2D eigenvalue weighted by molar-refractivity contribution is 0.321. The number of nitrogens with one attached hydrogen (secondary N) is 2. The van der Waals surface area contributed by atoms with Gasteiger partial charge in [0.15, 0.2) is 0 Å². The quantitative estimate of drug-likeness (QED) is 0.204. The first kappa shape index (κ1) is 22.3. The SMILES string of the molecule is CO[Si](C)(Oc1ccc(Nc2ccc(O)cc2)cc1)c1ccc(Nc2ccc(O)cc2)cc1. The van der Waals surface area contributed by atoms with Crippen molar-refractivity contribution in [3.63, 3.8) is 0 Å². The van der Waals surface area contributed by atoms with Crippen LogP contribution in [0.25, 0.3) is 0 Å². The molecular weight excluding hydrogens is 432 g/mol. The van der Waals surface area contributed by atoms with Gasteiger partial charge in [0.05, 0.1) is 0 Å². The van der Waals surface area contributed by atoms with Gasteiger partial charge in [-0.1, -0.05) is 12.1 Å². The Hall–Kier alpha value is -3.94. The molecule has 0 amide bonds. The molecule has 0 saturated heterocycles.